The van der Waals surface area contributed by atoms with Gasteiger partial charge in [0.05, 0.1) is 5.75 Å². The number of nitrogens with zero attached hydrogens (tertiary/aromatic N) is 6. The van der Waals surface area contributed by atoms with Gasteiger partial charge in [-0.2, -0.15) is 4.31 Å². The first kappa shape index (κ1) is 40.1. The minimum Gasteiger partial charge on any atom is -0.477 e. The van der Waals surface area contributed by atoms with Crippen molar-refractivity contribution >= 4 is 72.0 Å². The Bertz CT molecular complexity index is 2160. The van der Waals surface area contributed by atoms with E-state index in [1.807, 2.05) is 59.5 Å². The van der Waals surface area contributed by atoms with Crippen LogP contribution in [-0.4, -0.2) is 122 Å². The highest BCUT2D eigenvalue weighted by Crippen LogP contribution is 2.38. The van der Waals surface area contributed by atoms with Crippen LogP contribution >= 0.6 is 22.9 Å². The van der Waals surface area contributed by atoms with E-state index in [0.29, 0.717) is 86.3 Å². The number of carbonyl (C=O) groups is 2. The van der Waals surface area contributed by atoms with E-state index in [1.165, 1.54) is 19.9 Å². The molecule has 15 nitrogen and oxygen atoms in total. The molecule has 0 aliphatic carbocycles. The molecule has 56 heavy (non-hydrogen) atoms. The highest BCUT2D eigenvalue weighted by molar-refractivity contribution is 7.91. The molecule has 3 saturated heterocycles. The summed E-state index contributed by atoms with van der Waals surface area (Å²) in [6.45, 7) is 4.04. The zero-order valence-corrected chi connectivity index (χ0v) is 33.7. The average Bonchev–Trinajstić information content (AvgIpc) is 3.98. The predicted molar refractivity (Wildman–Crippen MR) is 212 cm³/mol. The molecule has 0 atom stereocenters. The van der Waals surface area contributed by atoms with E-state index in [2.05, 4.69) is 15.2 Å². The van der Waals surface area contributed by atoms with Crippen molar-refractivity contribution in [1.29, 1.82) is 0 Å². The fourth-order valence-electron chi connectivity index (χ4n) is 7.53. The molecule has 3 aromatic rings. The standard InChI is InChI=1S/C25H29ClN4O4S.C12H14N2O5S2/c26-21-6-8-22(9-7-21)28-14-16-29(17-15-28)24(31)23-18-25(34-27-23)10-12-30(13-11-25)35(32,33)19-20-4-2-1-3-5-20;15-11(16)9-8-12(19-13-9)3-5-14(6-4-12)21(17,18)10-2-1-7-20-10/h1-9H,10-19H2;1-2,7H,3-6,8H2,(H,15,16). The summed E-state index contributed by atoms with van der Waals surface area (Å²) >= 11 is 7.17. The predicted octanol–water partition coefficient (Wildman–Crippen LogP) is 4.26. The molecule has 2 spiro atoms. The lowest BCUT2D eigenvalue weighted by Crippen LogP contribution is -2.51. The zero-order valence-electron chi connectivity index (χ0n) is 30.5. The van der Waals surface area contributed by atoms with Crippen molar-refractivity contribution in [3.05, 3.63) is 82.7 Å². The second-order valence-electron chi connectivity index (χ2n) is 14.5. The molecule has 3 fully saturated rings. The minimum absolute atomic E-state index is 0.00423. The van der Waals surface area contributed by atoms with Crippen molar-refractivity contribution in [2.45, 2.75) is 59.7 Å². The lowest BCUT2D eigenvalue weighted by molar-refractivity contribution is -0.129. The van der Waals surface area contributed by atoms with Crippen molar-refractivity contribution in [2.75, 3.05) is 57.3 Å². The number of hydrogen-bond donors (Lipinski definition) is 1. The van der Waals surface area contributed by atoms with Gasteiger partial charge in [-0.15, -0.1) is 11.3 Å². The number of anilines is 1. The Kier molecular flexibility index (Phi) is 11.8. The van der Waals surface area contributed by atoms with Gasteiger partial charge in [0, 0.05) is 102 Å². The number of oxime groups is 2. The molecule has 8 rings (SSSR count). The quantitative estimate of drug-likeness (QED) is 0.345. The normalized spacial score (nSPS) is 21.1. The molecule has 300 valence electrons. The van der Waals surface area contributed by atoms with Gasteiger partial charge in [0.25, 0.3) is 15.9 Å². The number of benzene rings is 2. The van der Waals surface area contributed by atoms with E-state index in [9.17, 15) is 26.4 Å². The van der Waals surface area contributed by atoms with E-state index >= 15 is 0 Å². The van der Waals surface area contributed by atoms with Crippen molar-refractivity contribution in [2.24, 2.45) is 10.3 Å². The molecule has 1 N–H and O–H groups in total. The van der Waals surface area contributed by atoms with Crippen molar-refractivity contribution in [3.63, 3.8) is 0 Å². The fraction of sp³-hybridized carbons (Fsp3) is 0.459. The molecule has 19 heteroatoms. The number of thiophene rings is 1. The Morgan fingerprint density at radius 1 is 0.732 bits per heavy atom. The number of amides is 1. The van der Waals surface area contributed by atoms with Gasteiger partial charge in [0.2, 0.25) is 10.0 Å². The third-order valence-corrected chi connectivity index (χ3v) is 16.2. The number of sulfonamides is 2. The number of carboxylic acids is 1. The van der Waals surface area contributed by atoms with Crippen LogP contribution in [0.5, 0.6) is 0 Å². The number of carbonyl (C=O) groups excluding carboxylic acids is 1. The summed E-state index contributed by atoms with van der Waals surface area (Å²) in [6.07, 6.45) is 2.58. The first-order chi connectivity index (χ1) is 26.8. The van der Waals surface area contributed by atoms with Gasteiger partial charge in [0.1, 0.15) is 21.1 Å². The second-order valence-corrected chi connectivity index (χ2v) is 20.0. The molecule has 5 aliphatic rings. The minimum atomic E-state index is -3.45. The van der Waals surface area contributed by atoms with Crippen LogP contribution in [0.3, 0.4) is 0 Å². The summed E-state index contributed by atoms with van der Waals surface area (Å²) in [5, 5.41) is 19.1. The Morgan fingerprint density at radius 3 is 1.86 bits per heavy atom. The maximum absolute atomic E-state index is 13.1. The van der Waals surface area contributed by atoms with E-state index < -0.39 is 37.2 Å². The lowest BCUT2D eigenvalue weighted by atomic mass is 9.87. The van der Waals surface area contributed by atoms with Crippen molar-refractivity contribution in [3.8, 4) is 0 Å². The fourth-order valence-corrected chi connectivity index (χ4v) is 11.8. The largest absolute Gasteiger partial charge is 0.477 e. The molecule has 1 amide bonds. The van der Waals surface area contributed by atoms with Gasteiger partial charge in [-0.1, -0.05) is 58.3 Å². The summed E-state index contributed by atoms with van der Waals surface area (Å²) < 4.78 is 53.8. The topological polar surface area (TPSA) is 179 Å². The molecule has 0 radical (unpaired) electrons. The summed E-state index contributed by atoms with van der Waals surface area (Å²) in [7, 11) is -6.86. The Labute approximate surface area is 335 Å². The van der Waals surface area contributed by atoms with Gasteiger partial charge in [-0.05, 0) is 41.3 Å². The number of piperidine rings is 2. The Morgan fingerprint density at radius 2 is 1.30 bits per heavy atom. The first-order valence-electron chi connectivity index (χ1n) is 18.4. The molecule has 6 heterocycles. The summed E-state index contributed by atoms with van der Waals surface area (Å²) in [5.41, 5.74) is 1.06. The SMILES string of the molecule is O=C(C1=NOC2(CCN(S(=O)(=O)Cc3ccccc3)CC2)C1)N1CCN(c2ccc(Cl)cc2)CC1.O=C(O)C1=NOC2(CCN(S(=O)(=O)c3cccs3)CC2)C1. The van der Waals surface area contributed by atoms with E-state index in [0.717, 1.165) is 24.3 Å². The zero-order chi connectivity index (χ0) is 39.6. The maximum Gasteiger partial charge on any atom is 0.353 e. The van der Waals surface area contributed by atoms with Crippen LogP contribution in [0.2, 0.25) is 5.02 Å². The van der Waals surface area contributed by atoms with Crippen LogP contribution in [0.15, 0.2) is 86.6 Å². The van der Waals surface area contributed by atoms with Crippen LogP contribution in [0.25, 0.3) is 0 Å². The average molecular weight is 847 g/mol. The molecule has 0 unspecified atom stereocenters. The van der Waals surface area contributed by atoms with E-state index in [-0.39, 0.29) is 23.8 Å². The van der Waals surface area contributed by atoms with E-state index in [4.69, 9.17) is 26.4 Å². The lowest BCUT2D eigenvalue weighted by Gasteiger charge is -2.37. The van der Waals surface area contributed by atoms with Gasteiger partial charge in [-0.25, -0.2) is 25.9 Å². The molecule has 0 bridgehead atoms. The van der Waals surface area contributed by atoms with Crippen LogP contribution in [-0.2, 0) is 45.1 Å². The summed E-state index contributed by atoms with van der Waals surface area (Å²) in [5.74, 6) is -1.18. The molecule has 1 aromatic heterocycles. The first-order valence-corrected chi connectivity index (χ1v) is 22.7. The third-order valence-electron chi connectivity index (χ3n) is 10.9. The maximum atomic E-state index is 13.1. The van der Waals surface area contributed by atoms with Gasteiger partial charge in [-0.3, -0.25) is 4.79 Å². The van der Waals surface area contributed by atoms with Crippen LogP contribution in [0.1, 0.15) is 44.1 Å². The highest BCUT2D eigenvalue weighted by Gasteiger charge is 2.47. The molecular formula is C37H43ClN6O9S3. The van der Waals surface area contributed by atoms with Crippen molar-refractivity contribution in [1.82, 2.24) is 13.5 Å². The van der Waals surface area contributed by atoms with Gasteiger partial charge < -0.3 is 24.6 Å². The number of hydrogen-bond acceptors (Lipinski definition) is 12. The molecule has 0 saturated carbocycles. The number of carboxylic acid groups (broad SMARTS) is 1. The number of piperazine rings is 1. The second kappa shape index (κ2) is 16.4. The smallest absolute Gasteiger partial charge is 0.353 e. The summed E-state index contributed by atoms with van der Waals surface area (Å²) in [6, 6.07) is 20.2. The number of aliphatic carboxylic acids is 1. The Hall–Kier alpha value is -4.07. The van der Waals surface area contributed by atoms with Crippen LogP contribution in [0.4, 0.5) is 5.69 Å². The molecular weight excluding hydrogens is 804 g/mol. The monoisotopic (exact) mass is 846 g/mol. The van der Waals surface area contributed by atoms with Crippen LogP contribution in [0, 0.1) is 0 Å². The Balaban J connectivity index is 0.000000195. The van der Waals surface area contributed by atoms with Crippen molar-refractivity contribution < 1.29 is 41.2 Å². The van der Waals surface area contributed by atoms with Crippen LogP contribution < -0.4 is 4.90 Å². The van der Waals surface area contributed by atoms with E-state index in [1.54, 1.807) is 17.5 Å². The molecule has 5 aliphatic heterocycles. The van der Waals surface area contributed by atoms with Gasteiger partial charge in [0.15, 0.2) is 5.71 Å². The third kappa shape index (κ3) is 8.89. The molecule has 2 aromatic carbocycles. The van der Waals surface area contributed by atoms with Gasteiger partial charge >= 0.3 is 5.97 Å². The highest BCUT2D eigenvalue weighted by atomic mass is 35.5. The number of rotatable bonds is 8. The summed E-state index contributed by atoms with van der Waals surface area (Å²) in [4.78, 5) is 39.1. The number of halogens is 1.